The summed E-state index contributed by atoms with van der Waals surface area (Å²) in [6, 6.07) is 11.9. The van der Waals surface area contributed by atoms with Gasteiger partial charge in [-0.15, -0.1) is 0 Å². The van der Waals surface area contributed by atoms with Gasteiger partial charge in [0.1, 0.15) is 11.3 Å². The van der Waals surface area contributed by atoms with Crippen LogP contribution in [0.25, 0.3) is 16.9 Å². The second-order valence-corrected chi connectivity index (χ2v) is 8.01. The first-order valence-electron chi connectivity index (χ1n) is 10.6. The fraction of sp³-hybridized carbons (Fsp3) is 0.217. The van der Waals surface area contributed by atoms with Gasteiger partial charge in [-0.25, -0.2) is 14.4 Å². The molecule has 0 atom stereocenters. The molecule has 0 saturated carbocycles. The zero-order chi connectivity index (χ0) is 22.9. The molecule has 2 aromatic heterocycles. The number of nitrogens with zero attached hydrogens (tertiary/aromatic N) is 6. The number of benzene rings is 2. The quantitative estimate of drug-likeness (QED) is 0.461. The lowest BCUT2D eigenvalue weighted by Gasteiger charge is -2.34. The van der Waals surface area contributed by atoms with Gasteiger partial charge in [0.15, 0.2) is 5.65 Å². The topological polar surface area (TPSA) is 105 Å². The maximum atomic E-state index is 14.9. The Labute approximate surface area is 189 Å². The summed E-state index contributed by atoms with van der Waals surface area (Å²) in [4.78, 5) is 29.7. The third-order valence-corrected chi connectivity index (χ3v) is 5.70. The first-order chi connectivity index (χ1) is 16.0. The van der Waals surface area contributed by atoms with Crippen LogP contribution in [-0.2, 0) is 0 Å². The van der Waals surface area contributed by atoms with Crippen molar-refractivity contribution in [2.24, 2.45) is 0 Å². The fourth-order valence-corrected chi connectivity index (χ4v) is 3.86. The number of nitrogens with two attached hydrogens (primary N) is 1. The third-order valence-electron chi connectivity index (χ3n) is 5.70. The van der Waals surface area contributed by atoms with Gasteiger partial charge in [0.2, 0.25) is 5.95 Å². The van der Waals surface area contributed by atoms with Gasteiger partial charge in [-0.3, -0.25) is 9.36 Å². The van der Waals surface area contributed by atoms with Crippen LogP contribution in [0.2, 0.25) is 0 Å². The minimum Gasteiger partial charge on any atom is -0.399 e. The van der Waals surface area contributed by atoms with E-state index in [1.165, 1.54) is 23.0 Å². The SMILES string of the molecule is CN1CCN(c2ccc(Nc3ncc4ncc(=O)n(-c5ccc(N)cc5)c4n3)cc2F)CC1. The number of likely N-dealkylation sites (N-methyl/N-ethyl adjacent to an activating group) is 1. The van der Waals surface area contributed by atoms with E-state index < -0.39 is 0 Å². The van der Waals surface area contributed by atoms with Crippen LogP contribution >= 0.6 is 0 Å². The van der Waals surface area contributed by atoms with Crippen LogP contribution in [0.3, 0.4) is 0 Å². The van der Waals surface area contributed by atoms with Crippen LogP contribution in [0, 0.1) is 5.82 Å². The van der Waals surface area contributed by atoms with Crippen LogP contribution in [0.15, 0.2) is 59.7 Å². The van der Waals surface area contributed by atoms with E-state index >= 15 is 0 Å². The summed E-state index contributed by atoms with van der Waals surface area (Å²) in [5, 5.41) is 3.03. The molecule has 33 heavy (non-hydrogen) atoms. The summed E-state index contributed by atoms with van der Waals surface area (Å²) in [7, 11) is 2.06. The Balaban J connectivity index is 1.46. The Morgan fingerprint density at radius 3 is 2.48 bits per heavy atom. The van der Waals surface area contributed by atoms with Gasteiger partial charge in [-0.2, -0.15) is 4.98 Å². The number of halogens is 1. The summed E-state index contributed by atoms with van der Waals surface area (Å²) in [5.74, 6) is -0.0865. The zero-order valence-electron chi connectivity index (χ0n) is 18.1. The molecule has 1 aliphatic heterocycles. The smallest absolute Gasteiger partial charge is 0.275 e. The van der Waals surface area contributed by atoms with Crippen LogP contribution < -0.4 is 21.5 Å². The highest BCUT2D eigenvalue weighted by Crippen LogP contribution is 2.25. The predicted octanol–water partition coefficient (Wildman–Crippen LogP) is 2.39. The number of fused-ring (bicyclic) bond motifs is 1. The summed E-state index contributed by atoms with van der Waals surface area (Å²) in [5.41, 5.74) is 8.50. The van der Waals surface area contributed by atoms with Crippen LogP contribution in [-0.4, -0.2) is 57.6 Å². The lowest BCUT2D eigenvalue weighted by atomic mass is 10.2. The Hall–Kier alpha value is -4.05. The molecule has 9 nitrogen and oxygen atoms in total. The predicted molar refractivity (Wildman–Crippen MR) is 127 cm³/mol. The summed E-state index contributed by atoms with van der Waals surface area (Å²) in [6.45, 7) is 3.36. The molecule has 5 rings (SSSR count). The molecule has 0 unspecified atom stereocenters. The van der Waals surface area contributed by atoms with Crippen molar-refractivity contribution in [2.45, 2.75) is 0 Å². The maximum Gasteiger partial charge on any atom is 0.275 e. The average molecular weight is 446 g/mol. The molecule has 4 aromatic rings. The van der Waals surface area contributed by atoms with Crippen LogP contribution in [0.1, 0.15) is 0 Å². The lowest BCUT2D eigenvalue weighted by Crippen LogP contribution is -2.44. The van der Waals surface area contributed by atoms with E-state index in [0.29, 0.717) is 33.9 Å². The van der Waals surface area contributed by atoms with Gasteiger partial charge in [0.05, 0.1) is 23.8 Å². The van der Waals surface area contributed by atoms with Crippen molar-refractivity contribution in [1.29, 1.82) is 0 Å². The summed E-state index contributed by atoms with van der Waals surface area (Å²) < 4.78 is 16.3. The number of aromatic nitrogens is 4. The standard InChI is InChI=1S/C23H23FN8O/c1-30-8-10-31(11-9-30)20-7-4-16(12-18(20)24)28-23-27-13-19-22(29-23)32(21(33)14-26-19)17-5-2-15(25)3-6-17/h2-7,12-14H,8-11,25H2,1H3,(H,27,28,29). The number of anilines is 4. The van der Waals surface area contributed by atoms with Crippen molar-refractivity contribution in [1.82, 2.24) is 24.4 Å². The molecule has 0 radical (unpaired) electrons. The molecule has 168 valence electrons. The van der Waals surface area contributed by atoms with Crippen LogP contribution in [0.5, 0.6) is 0 Å². The molecular weight excluding hydrogens is 423 g/mol. The Kier molecular flexibility index (Phi) is 5.35. The molecule has 3 heterocycles. The number of hydrogen-bond donors (Lipinski definition) is 2. The lowest BCUT2D eigenvalue weighted by molar-refractivity contribution is 0.311. The molecule has 0 aliphatic carbocycles. The van der Waals surface area contributed by atoms with Crippen molar-refractivity contribution in [3.8, 4) is 5.69 Å². The molecule has 0 bridgehead atoms. The molecule has 1 fully saturated rings. The molecule has 0 amide bonds. The Bertz CT molecular complexity index is 1360. The molecule has 2 aromatic carbocycles. The Morgan fingerprint density at radius 2 is 1.76 bits per heavy atom. The van der Waals surface area contributed by atoms with E-state index in [4.69, 9.17) is 5.73 Å². The van der Waals surface area contributed by atoms with Crippen molar-refractivity contribution >= 4 is 34.2 Å². The first kappa shape index (κ1) is 20.8. The number of nitrogen functional groups attached to an aromatic ring is 1. The molecule has 0 spiro atoms. The largest absolute Gasteiger partial charge is 0.399 e. The van der Waals surface area contributed by atoms with E-state index in [-0.39, 0.29) is 17.3 Å². The normalized spacial score (nSPS) is 14.5. The van der Waals surface area contributed by atoms with E-state index in [9.17, 15) is 9.18 Å². The molecular formula is C23H23FN8O. The van der Waals surface area contributed by atoms with Gasteiger partial charge in [-0.05, 0) is 49.5 Å². The first-order valence-corrected chi connectivity index (χ1v) is 10.6. The maximum absolute atomic E-state index is 14.9. The van der Waals surface area contributed by atoms with Gasteiger partial charge >= 0.3 is 0 Å². The summed E-state index contributed by atoms with van der Waals surface area (Å²) in [6.07, 6.45) is 2.74. The van der Waals surface area contributed by atoms with Crippen molar-refractivity contribution in [3.63, 3.8) is 0 Å². The number of rotatable bonds is 4. The van der Waals surface area contributed by atoms with Gasteiger partial charge in [0.25, 0.3) is 5.56 Å². The second-order valence-electron chi connectivity index (χ2n) is 8.01. The average Bonchev–Trinajstić information content (AvgIpc) is 2.81. The molecule has 10 heteroatoms. The molecule has 1 saturated heterocycles. The van der Waals surface area contributed by atoms with E-state index in [0.717, 1.165) is 26.2 Å². The highest BCUT2D eigenvalue weighted by atomic mass is 19.1. The van der Waals surface area contributed by atoms with E-state index in [2.05, 4.69) is 32.2 Å². The Morgan fingerprint density at radius 1 is 1.00 bits per heavy atom. The minimum absolute atomic E-state index is 0.228. The molecule has 3 N–H and O–H groups in total. The van der Waals surface area contributed by atoms with Gasteiger partial charge in [0, 0.05) is 37.6 Å². The highest BCUT2D eigenvalue weighted by Gasteiger charge is 2.18. The fourth-order valence-electron chi connectivity index (χ4n) is 3.86. The van der Waals surface area contributed by atoms with E-state index in [1.807, 2.05) is 4.90 Å². The van der Waals surface area contributed by atoms with Gasteiger partial charge in [-0.1, -0.05) is 0 Å². The van der Waals surface area contributed by atoms with Crippen LogP contribution in [0.4, 0.5) is 27.4 Å². The zero-order valence-corrected chi connectivity index (χ0v) is 18.1. The summed E-state index contributed by atoms with van der Waals surface area (Å²) >= 11 is 0. The number of piperazine rings is 1. The number of nitrogens with one attached hydrogen (secondary N) is 1. The third kappa shape index (κ3) is 4.20. The van der Waals surface area contributed by atoms with Crippen molar-refractivity contribution in [3.05, 3.63) is 71.0 Å². The van der Waals surface area contributed by atoms with Crippen molar-refractivity contribution in [2.75, 3.05) is 49.2 Å². The van der Waals surface area contributed by atoms with Crippen molar-refractivity contribution < 1.29 is 4.39 Å². The van der Waals surface area contributed by atoms with E-state index in [1.54, 1.807) is 36.4 Å². The number of hydrogen-bond acceptors (Lipinski definition) is 8. The second kappa shape index (κ2) is 8.47. The van der Waals surface area contributed by atoms with Gasteiger partial charge < -0.3 is 20.9 Å². The highest BCUT2D eigenvalue weighted by molar-refractivity contribution is 5.73. The minimum atomic E-state index is -0.334. The monoisotopic (exact) mass is 446 g/mol. The molecule has 1 aliphatic rings.